The molecule has 1 heterocycles. The molecular formula is C25H26ClNO3. The summed E-state index contributed by atoms with van der Waals surface area (Å²) in [6, 6.07) is 11.2. The largest absolute Gasteiger partial charge is 0.450 e. The summed E-state index contributed by atoms with van der Waals surface area (Å²) < 4.78 is 5.85. The number of nitrogen functional groups attached to an aromatic ring is 1. The van der Waals surface area contributed by atoms with E-state index in [0.717, 1.165) is 29.5 Å². The Labute approximate surface area is 181 Å². The lowest BCUT2D eigenvalue weighted by atomic mass is 9.70. The number of carbonyl (C=O) groups excluding carboxylic acids is 2. The zero-order chi connectivity index (χ0) is 21.0. The topological polar surface area (TPSA) is 69.4 Å². The third-order valence-electron chi connectivity index (χ3n) is 7.43. The molecule has 2 aromatic rings. The summed E-state index contributed by atoms with van der Waals surface area (Å²) in [5, 5.41) is 0.502. The van der Waals surface area contributed by atoms with Crippen molar-refractivity contribution in [3.8, 4) is 11.1 Å². The van der Waals surface area contributed by atoms with Gasteiger partial charge in [-0.3, -0.25) is 9.59 Å². The van der Waals surface area contributed by atoms with Gasteiger partial charge in [-0.1, -0.05) is 43.0 Å². The minimum Gasteiger partial charge on any atom is -0.450 e. The number of carbonyl (C=O) groups is 2. The van der Waals surface area contributed by atoms with E-state index < -0.39 is 17.5 Å². The normalized spacial score (nSPS) is 30.5. The van der Waals surface area contributed by atoms with Gasteiger partial charge in [-0.05, 0) is 79.0 Å². The molecule has 5 rings (SSSR count). The third-order valence-corrected chi connectivity index (χ3v) is 7.75. The van der Waals surface area contributed by atoms with Crippen molar-refractivity contribution >= 4 is 29.0 Å². The average Bonchev–Trinajstić information content (AvgIpc) is 3.26. The van der Waals surface area contributed by atoms with Crippen LogP contribution in [0, 0.1) is 18.8 Å². The Balaban J connectivity index is 1.49. The van der Waals surface area contributed by atoms with Crippen molar-refractivity contribution in [2.24, 2.45) is 11.8 Å². The number of hydrogen-bond donors (Lipinski definition) is 1. The Kier molecular flexibility index (Phi) is 4.66. The highest BCUT2D eigenvalue weighted by Gasteiger charge is 2.59. The molecule has 1 saturated heterocycles. The van der Waals surface area contributed by atoms with Crippen molar-refractivity contribution in [1.82, 2.24) is 0 Å². The predicted octanol–water partition coefficient (Wildman–Crippen LogP) is 5.45. The van der Waals surface area contributed by atoms with Gasteiger partial charge in [0.05, 0.1) is 0 Å². The van der Waals surface area contributed by atoms with Crippen LogP contribution >= 0.6 is 11.6 Å². The van der Waals surface area contributed by atoms with Gasteiger partial charge in [0.2, 0.25) is 0 Å². The quantitative estimate of drug-likeness (QED) is 0.396. The zero-order valence-corrected chi connectivity index (χ0v) is 17.9. The number of esters is 1. The van der Waals surface area contributed by atoms with E-state index in [-0.39, 0.29) is 5.78 Å². The average molecular weight is 424 g/mol. The summed E-state index contributed by atoms with van der Waals surface area (Å²) in [4.78, 5) is 26.5. The number of nitrogens with two attached hydrogens (primary N) is 1. The molecule has 4 nitrogen and oxygen atoms in total. The van der Waals surface area contributed by atoms with Crippen molar-refractivity contribution in [2.75, 3.05) is 5.73 Å². The second-order valence-corrected chi connectivity index (χ2v) is 9.63. The highest BCUT2D eigenvalue weighted by molar-refractivity contribution is 6.33. The van der Waals surface area contributed by atoms with E-state index in [4.69, 9.17) is 22.1 Å². The Morgan fingerprint density at radius 2 is 1.90 bits per heavy atom. The van der Waals surface area contributed by atoms with E-state index >= 15 is 0 Å². The van der Waals surface area contributed by atoms with Crippen LogP contribution in [0.2, 0.25) is 5.02 Å². The van der Waals surface area contributed by atoms with E-state index in [9.17, 15) is 9.59 Å². The van der Waals surface area contributed by atoms with E-state index in [1.165, 1.54) is 12.8 Å². The first kappa shape index (κ1) is 19.6. The second-order valence-electron chi connectivity index (χ2n) is 9.22. The molecule has 4 atom stereocenters. The van der Waals surface area contributed by atoms with Crippen molar-refractivity contribution in [1.29, 1.82) is 0 Å². The standard InChI is InChI=1S/C25H26ClNO3/c1-14-10-20(16-5-3-7-18(27)11-16)21(26)12-19(14)22-23(28)25(30-24(22)29)9-8-15-4-2-6-17(15)13-25/h3,5,7,10-12,15,17,22H,2,4,6,8-9,13,27H2,1H3. The molecule has 156 valence electrons. The number of anilines is 1. The fourth-order valence-electron chi connectivity index (χ4n) is 5.90. The maximum absolute atomic E-state index is 13.5. The maximum Gasteiger partial charge on any atom is 0.322 e. The highest BCUT2D eigenvalue weighted by atomic mass is 35.5. The molecule has 0 amide bonds. The summed E-state index contributed by atoms with van der Waals surface area (Å²) >= 11 is 6.61. The molecule has 0 bridgehead atoms. The predicted molar refractivity (Wildman–Crippen MR) is 117 cm³/mol. The first-order valence-corrected chi connectivity index (χ1v) is 11.2. The van der Waals surface area contributed by atoms with Crippen LogP contribution in [0.25, 0.3) is 11.1 Å². The minimum atomic E-state index is -0.932. The summed E-state index contributed by atoms with van der Waals surface area (Å²) in [6.07, 6.45) is 5.92. The number of rotatable bonds is 2. The molecule has 2 aromatic carbocycles. The Morgan fingerprint density at radius 1 is 1.10 bits per heavy atom. The lowest BCUT2D eigenvalue weighted by Gasteiger charge is -2.37. The number of hydrogen-bond acceptors (Lipinski definition) is 4. The van der Waals surface area contributed by atoms with E-state index in [1.54, 1.807) is 6.07 Å². The van der Waals surface area contributed by atoms with Gasteiger partial charge >= 0.3 is 5.97 Å². The van der Waals surface area contributed by atoms with Gasteiger partial charge in [-0.15, -0.1) is 0 Å². The Hall–Kier alpha value is -2.33. The second kappa shape index (κ2) is 7.12. The highest BCUT2D eigenvalue weighted by Crippen LogP contribution is 2.52. The minimum absolute atomic E-state index is 0.0753. The number of benzene rings is 2. The summed E-state index contributed by atoms with van der Waals surface area (Å²) in [5.74, 6) is -0.184. The van der Waals surface area contributed by atoms with Crippen molar-refractivity contribution in [3.63, 3.8) is 0 Å². The van der Waals surface area contributed by atoms with Crippen LogP contribution in [0.4, 0.5) is 5.69 Å². The smallest absolute Gasteiger partial charge is 0.322 e. The number of fused-ring (bicyclic) bond motifs is 1. The van der Waals surface area contributed by atoms with Crippen LogP contribution in [0.5, 0.6) is 0 Å². The first-order valence-electron chi connectivity index (χ1n) is 10.8. The van der Waals surface area contributed by atoms with E-state index in [2.05, 4.69) is 0 Å². The molecule has 0 aromatic heterocycles. The van der Waals surface area contributed by atoms with E-state index in [0.29, 0.717) is 41.0 Å². The van der Waals surface area contributed by atoms with Crippen molar-refractivity contribution < 1.29 is 14.3 Å². The summed E-state index contributed by atoms with van der Waals surface area (Å²) in [5.41, 5.74) is 8.91. The molecule has 5 heteroatoms. The Morgan fingerprint density at radius 3 is 2.70 bits per heavy atom. The van der Waals surface area contributed by atoms with Crippen molar-refractivity contribution in [2.45, 2.75) is 57.0 Å². The molecule has 2 N–H and O–H groups in total. The van der Waals surface area contributed by atoms with Gasteiger partial charge < -0.3 is 10.5 Å². The van der Waals surface area contributed by atoms with Crippen LogP contribution in [0.15, 0.2) is 36.4 Å². The number of ether oxygens (including phenoxy) is 1. The molecule has 3 fully saturated rings. The van der Waals surface area contributed by atoms with Gasteiger partial charge in [-0.2, -0.15) is 0 Å². The summed E-state index contributed by atoms with van der Waals surface area (Å²) in [6.45, 7) is 1.92. The van der Waals surface area contributed by atoms with E-state index in [1.807, 2.05) is 37.3 Å². The fraction of sp³-hybridized carbons (Fsp3) is 0.440. The van der Waals surface area contributed by atoms with Gasteiger partial charge in [0.15, 0.2) is 11.4 Å². The Bertz CT molecular complexity index is 1050. The number of aryl methyl sites for hydroxylation is 1. The van der Waals surface area contributed by atoms with Crippen LogP contribution in [0.1, 0.15) is 55.6 Å². The lowest BCUT2D eigenvalue weighted by molar-refractivity contribution is -0.157. The molecule has 30 heavy (non-hydrogen) atoms. The van der Waals surface area contributed by atoms with Gasteiger partial charge in [0.1, 0.15) is 5.92 Å². The lowest BCUT2D eigenvalue weighted by Crippen LogP contribution is -2.43. The molecule has 0 radical (unpaired) electrons. The maximum atomic E-state index is 13.5. The van der Waals surface area contributed by atoms with Crippen LogP contribution in [-0.2, 0) is 14.3 Å². The monoisotopic (exact) mass is 423 g/mol. The number of Topliss-reactive ketones (excluding diaryl/α,β-unsaturated/α-hetero) is 1. The molecule has 1 aliphatic heterocycles. The molecule has 2 saturated carbocycles. The zero-order valence-electron chi connectivity index (χ0n) is 17.1. The molecule has 1 spiro atoms. The molecule has 2 aliphatic carbocycles. The molecule has 3 aliphatic rings. The van der Waals surface area contributed by atoms with Gasteiger partial charge in [0.25, 0.3) is 0 Å². The third kappa shape index (κ3) is 3.04. The van der Waals surface area contributed by atoms with Crippen LogP contribution < -0.4 is 5.73 Å². The molecular weight excluding hydrogens is 398 g/mol. The SMILES string of the molecule is Cc1cc(-c2cccc(N)c2)c(Cl)cc1C1C(=O)OC2(CCC3CCCC3C2)C1=O. The van der Waals surface area contributed by atoms with Crippen LogP contribution in [-0.4, -0.2) is 17.4 Å². The summed E-state index contributed by atoms with van der Waals surface area (Å²) in [7, 11) is 0. The molecule has 4 unspecified atom stereocenters. The first-order chi connectivity index (χ1) is 14.4. The van der Waals surface area contributed by atoms with Crippen LogP contribution in [0.3, 0.4) is 0 Å². The number of ketones is 1. The van der Waals surface area contributed by atoms with Crippen molar-refractivity contribution in [3.05, 3.63) is 52.5 Å². The fourth-order valence-corrected chi connectivity index (χ4v) is 6.18. The van der Waals surface area contributed by atoms with Gasteiger partial charge in [0, 0.05) is 16.3 Å². The number of halogens is 1. The van der Waals surface area contributed by atoms with Gasteiger partial charge in [-0.25, -0.2) is 0 Å².